The average Bonchev–Trinajstić information content (AvgIpc) is 3.22. The molecule has 1 aliphatic carbocycles. The molecule has 3 aromatic carbocycles. The van der Waals surface area contributed by atoms with Crippen LogP contribution in [0, 0.1) is 28.1 Å². The van der Waals surface area contributed by atoms with E-state index in [0.29, 0.717) is 33.2 Å². The number of hydrogen-bond acceptors (Lipinski definition) is 10. The number of piperidine rings is 2. The first-order valence-corrected chi connectivity index (χ1v) is 21.0. The molecule has 13 nitrogen and oxygen atoms in total. The Morgan fingerprint density at radius 2 is 1.58 bits per heavy atom. The van der Waals surface area contributed by atoms with E-state index in [4.69, 9.17) is 16.3 Å². The molecule has 3 saturated heterocycles. The quantitative estimate of drug-likeness (QED) is 0.206. The van der Waals surface area contributed by atoms with Crippen molar-refractivity contribution in [3.05, 3.63) is 93.4 Å². The topological polar surface area (TPSA) is 153 Å². The number of aromatic nitrogens is 2. The van der Waals surface area contributed by atoms with Crippen LogP contribution in [0.1, 0.15) is 75.3 Å². The van der Waals surface area contributed by atoms with E-state index in [2.05, 4.69) is 76.3 Å². The summed E-state index contributed by atoms with van der Waals surface area (Å²) in [6.07, 6.45) is 4.14. The third kappa shape index (κ3) is 7.88. The van der Waals surface area contributed by atoms with Gasteiger partial charge in [0, 0.05) is 97.5 Å². The molecular weight excluding hydrogens is 768 g/mol. The van der Waals surface area contributed by atoms with Gasteiger partial charge < -0.3 is 19.9 Å². The smallest absolute Gasteiger partial charge is 0.275 e. The highest BCUT2D eigenvalue weighted by atomic mass is 35.5. The molecule has 3 aliphatic heterocycles. The van der Waals surface area contributed by atoms with Crippen LogP contribution >= 0.6 is 11.6 Å². The molecule has 1 aromatic heterocycles. The highest BCUT2D eigenvalue weighted by Crippen LogP contribution is 2.55. The Kier molecular flexibility index (Phi) is 10.9. The summed E-state index contributed by atoms with van der Waals surface area (Å²) in [6, 6.07) is 20.0. The summed E-state index contributed by atoms with van der Waals surface area (Å²) in [5.74, 6) is 0.311. The fourth-order valence-corrected chi connectivity index (χ4v) is 10.3. The molecule has 8 rings (SSSR count). The largest absolute Gasteiger partial charge is 0.489 e. The van der Waals surface area contributed by atoms with E-state index in [0.717, 1.165) is 75.4 Å². The monoisotopic (exact) mass is 818 g/mol. The molecule has 59 heavy (non-hydrogen) atoms. The number of nitrogens with zero attached hydrogens (tertiary/aromatic N) is 6. The van der Waals surface area contributed by atoms with Gasteiger partial charge in [-0.15, -0.1) is 0 Å². The molecule has 4 fully saturated rings. The van der Waals surface area contributed by atoms with Crippen molar-refractivity contribution in [2.45, 2.75) is 71.6 Å². The van der Waals surface area contributed by atoms with E-state index in [1.807, 2.05) is 30.3 Å². The normalized spacial score (nSPS) is 23.3. The molecule has 308 valence electrons. The van der Waals surface area contributed by atoms with Gasteiger partial charge in [-0.3, -0.25) is 29.4 Å². The summed E-state index contributed by atoms with van der Waals surface area (Å²) in [6.45, 7) is 15.1. The lowest BCUT2D eigenvalue weighted by Crippen LogP contribution is -2.74. The Morgan fingerprint density at radius 1 is 0.898 bits per heavy atom. The number of anilines is 2. The molecule has 4 aromatic rings. The van der Waals surface area contributed by atoms with Crippen LogP contribution in [0.4, 0.5) is 11.4 Å². The first-order chi connectivity index (χ1) is 28.2. The Hall–Kier alpha value is -5.45. The molecule has 14 heteroatoms. The van der Waals surface area contributed by atoms with Gasteiger partial charge in [0.15, 0.2) is 0 Å². The Morgan fingerprint density at radius 3 is 2.24 bits per heavy atom. The van der Waals surface area contributed by atoms with E-state index in [1.54, 1.807) is 24.4 Å². The third-order valence-corrected chi connectivity index (χ3v) is 13.4. The van der Waals surface area contributed by atoms with Gasteiger partial charge in [-0.25, -0.2) is 4.68 Å². The summed E-state index contributed by atoms with van der Waals surface area (Å²) < 4.78 is 7.59. The van der Waals surface area contributed by atoms with Gasteiger partial charge >= 0.3 is 0 Å². The van der Waals surface area contributed by atoms with Crippen LogP contribution in [0.5, 0.6) is 5.75 Å². The number of rotatable bonds is 9. The van der Waals surface area contributed by atoms with Gasteiger partial charge in [0.2, 0.25) is 5.91 Å². The van der Waals surface area contributed by atoms with Gasteiger partial charge in [-0.1, -0.05) is 39.3 Å². The number of fused-ring (bicyclic) bond motifs is 1. The van der Waals surface area contributed by atoms with Crippen molar-refractivity contribution in [1.29, 1.82) is 5.26 Å². The minimum Gasteiger partial charge on any atom is -0.489 e. The number of halogens is 1. The maximum absolute atomic E-state index is 13.5. The number of nitrogens with one attached hydrogen (secondary N) is 2. The molecule has 4 heterocycles. The standard InChI is InChI=1S/C45H51ClN8O5/c1-44(2)42(45(3,4)43(44)59-34-11-7-30(25-47)36(46)24-34)50-39(56)29-5-8-32(9-6-29)52-17-15-28(16-18-52)27-51-19-21-53(22-20-51)33-10-12-35-31(23-33)26-48-54(41(35)58)37-13-14-38(55)49-40(37)57/h5-12,23-24,26,28,37,42-43H,13-22,27H2,1-4H3,(H,50,56)(H,49,55,57)/t37?,42-,43-. The SMILES string of the molecule is CC1(C)[C@H](NC(=O)c2ccc(N3CCC(CN4CCN(c5ccc6c(=O)n(C7CCC(=O)NC7=O)ncc6c5)CC4)CC3)cc2)C(C)(C)[C@H]1Oc1ccc(C#N)c(Cl)c1. The van der Waals surface area contributed by atoms with Crippen LogP contribution in [-0.2, 0) is 9.59 Å². The van der Waals surface area contributed by atoms with Gasteiger partial charge in [-0.2, -0.15) is 10.4 Å². The maximum atomic E-state index is 13.5. The summed E-state index contributed by atoms with van der Waals surface area (Å²) in [5.41, 5.74) is 2.21. The van der Waals surface area contributed by atoms with Crippen molar-refractivity contribution in [1.82, 2.24) is 25.3 Å². The lowest BCUT2D eigenvalue weighted by Gasteiger charge is -2.63. The summed E-state index contributed by atoms with van der Waals surface area (Å²) in [4.78, 5) is 58.0. The zero-order chi connectivity index (χ0) is 41.6. The Bertz CT molecular complexity index is 2360. The number of carbonyl (C=O) groups excluding carboxylic acids is 3. The number of nitriles is 1. The van der Waals surface area contributed by atoms with Crippen molar-refractivity contribution >= 4 is 51.5 Å². The number of imide groups is 1. The van der Waals surface area contributed by atoms with Gasteiger partial charge in [0.05, 0.1) is 22.2 Å². The minimum absolute atomic E-state index is 0.102. The van der Waals surface area contributed by atoms with Crippen LogP contribution in [0.25, 0.3) is 10.8 Å². The molecular formula is C45H51ClN8O5. The number of hydrogen-bond donors (Lipinski definition) is 2. The van der Waals surface area contributed by atoms with Crippen LogP contribution in [0.3, 0.4) is 0 Å². The second-order valence-corrected chi connectivity index (χ2v) is 18.1. The molecule has 1 atom stereocenters. The lowest BCUT2D eigenvalue weighted by molar-refractivity contribution is -0.164. The molecule has 0 spiro atoms. The minimum atomic E-state index is -0.781. The molecule has 4 aliphatic rings. The first-order valence-electron chi connectivity index (χ1n) is 20.6. The summed E-state index contributed by atoms with van der Waals surface area (Å²) in [5, 5.41) is 20.7. The molecule has 0 radical (unpaired) electrons. The van der Waals surface area contributed by atoms with E-state index in [1.165, 1.54) is 4.68 Å². The maximum Gasteiger partial charge on any atom is 0.275 e. The third-order valence-electron chi connectivity index (χ3n) is 13.1. The van der Waals surface area contributed by atoms with Crippen molar-refractivity contribution < 1.29 is 19.1 Å². The van der Waals surface area contributed by atoms with Gasteiger partial charge in [0.25, 0.3) is 17.4 Å². The van der Waals surface area contributed by atoms with E-state index in [9.17, 15) is 24.4 Å². The summed E-state index contributed by atoms with van der Waals surface area (Å²) in [7, 11) is 0. The van der Waals surface area contributed by atoms with Crippen molar-refractivity contribution in [3.63, 3.8) is 0 Å². The number of benzene rings is 3. The Labute approximate surface area is 349 Å². The highest BCUT2D eigenvalue weighted by Gasteiger charge is 2.64. The molecule has 2 N–H and O–H groups in total. The van der Waals surface area contributed by atoms with Gasteiger partial charge in [-0.05, 0) is 79.8 Å². The van der Waals surface area contributed by atoms with Crippen LogP contribution in [0.15, 0.2) is 71.7 Å². The predicted molar refractivity (Wildman–Crippen MR) is 227 cm³/mol. The lowest BCUT2D eigenvalue weighted by atomic mass is 9.49. The predicted octanol–water partition coefficient (Wildman–Crippen LogP) is 5.55. The molecule has 1 unspecified atom stereocenters. The number of ether oxygens (including phenoxy) is 1. The van der Waals surface area contributed by atoms with Crippen LogP contribution < -0.4 is 30.7 Å². The van der Waals surface area contributed by atoms with Crippen LogP contribution in [0.2, 0.25) is 5.02 Å². The fourth-order valence-electron chi connectivity index (χ4n) is 10.0. The summed E-state index contributed by atoms with van der Waals surface area (Å²) >= 11 is 6.26. The number of amides is 3. The molecule has 1 saturated carbocycles. The highest BCUT2D eigenvalue weighted by molar-refractivity contribution is 6.31. The average molecular weight is 819 g/mol. The van der Waals surface area contributed by atoms with Crippen molar-refractivity contribution in [2.24, 2.45) is 16.7 Å². The molecule has 3 amide bonds. The van der Waals surface area contributed by atoms with Crippen molar-refractivity contribution in [2.75, 3.05) is 55.6 Å². The fraction of sp³-hybridized carbons (Fsp3) is 0.467. The molecule has 0 bridgehead atoms. The second kappa shape index (κ2) is 16.0. The number of carbonyl (C=O) groups is 3. The second-order valence-electron chi connectivity index (χ2n) is 17.7. The Balaban J connectivity index is 0.792. The van der Waals surface area contributed by atoms with Crippen LogP contribution in [-0.4, -0.2) is 90.4 Å². The number of piperazine rings is 1. The van der Waals surface area contributed by atoms with Crippen molar-refractivity contribution in [3.8, 4) is 11.8 Å². The van der Waals surface area contributed by atoms with E-state index >= 15 is 0 Å². The zero-order valence-corrected chi connectivity index (χ0v) is 34.8. The zero-order valence-electron chi connectivity index (χ0n) is 34.0. The van der Waals surface area contributed by atoms with Gasteiger partial charge in [0.1, 0.15) is 24.0 Å². The first kappa shape index (κ1) is 40.3. The van der Waals surface area contributed by atoms with E-state index < -0.39 is 11.9 Å². The van der Waals surface area contributed by atoms with E-state index in [-0.39, 0.29) is 53.2 Å².